The summed E-state index contributed by atoms with van der Waals surface area (Å²) in [6.45, 7) is 5.69. The lowest BCUT2D eigenvalue weighted by Gasteiger charge is -2.56. The molecule has 0 unspecified atom stereocenters. The van der Waals surface area contributed by atoms with Gasteiger partial charge >= 0.3 is 0 Å². The van der Waals surface area contributed by atoms with Crippen LogP contribution >= 0.6 is 0 Å². The predicted octanol–water partition coefficient (Wildman–Crippen LogP) is 3.07. The zero-order valence-corrected chi connectivity index (χ0v) is 15.2. The lowest BCUT2D eigenvalue weighted by atomic mass is 9.48. The molecule has 0 aromatic carbocycles. The number of aliphatic hydroxyl groups excluding tert-OH is 2. The van der Waals surface area contributed by atoms with E-state index in [1.807, 2.05) is 12.2 Å². The van der Waals surface area contributed by atoms with Gasteiger partial charge in [-0.1, -0.05) is 26.0 Å². The Morgan fingerprint density at radius 3 is 2.52 bits per heavy atom. The zero-order chi connectivity index (χ0) is 18.2. The lowest BCUT2D eigenvalue weighted by molar-refractivity contribution is -0.156. The van der Waals surface area contributed by atoms with Crippen LogP contribution in [0.1, 0.15) is 46.5 Å². The van der Waals surface area contributed by atoms with Gasteiger partial charge in [0.05, 0.1) is 6.10 Å². The van der Waals surface area contributed by atoms with Gasteiger partial charge in [0.25, 0.3) is 0 Å². The SMILES string of the molecule is CC(=O)[C@@]1(O)CC[C@H]2[C@@H]3C=C(O)C4=C[C@@H](O)C=C[C@]4(C)[C@H]3CC[C@@]21C. The number of hydrogen-bond acceptors (Lipinski definition) is 4. The van der Waals surface area contributed by atoms with Crippen molar-refractivity contribution in [2.45, 2.75) is 58.2 Å². The molecule has 0 aromatic heterocycles. The van der Waals surface area contributed by atoms with Gasteiger partial charge in [-0.25, -0.2) is 0 Å². The number of carbonyl (C=O) groups is 1. The van der Waals surface area contributed by atoms with Crippen LogP contribution in [-0.2, 0) is 4.79 Å². The van der Waals surface area contributed by atoms with Crippen LogP contribution in [0.5, 0.6) is 0 Å². The molecule has 136 valence electrons. The first-order valence-electron chi connectivity index (χ1n) is 9.38. The number of aliphatic hydroxyl groups is 3. The smallest absolute Gasteiger partial charge is 0.161 e. The molecule has 4 aliphatic carbocycles. The van der Waals surface area contributed by atoms with E-state index < -0.39 is 17.1 Å². The Labute approximate surface area is 148 Å². The van der Waals surface area contributed by atoms with Gasteiger partial charge in [0.15, 0.2) is 5.78 Å². The number of Topliss-reactive ketones (excluding diaryl/α,β-unsaturated/α-hetero) is 1. The van der Waals surface area contributed by atoms with Gasteiger partial charge in [0.1, 0.15) is 11.4 Å². The van der Waals surface area contributed by atoms with Gasteiger partial charge in [0.2, 0.25) is 0 Å². The normalized spacial score (nSPS) is 51.1. The number of ketones is 1. The summed E-state index contributed by atoms with van der Waals surface area (Å²) in [6.07, 6.45) is 9.88. The molecule has 3 N–H and O–H groups in total. The Morgan fingerprint density at radius 2 is 1.84 bits per heavy atom. The minimum absolute atomic E-state index is 0.132. The van der Waals surface area contributed by atoms with Crippen molar-refractivity contribution in [3.05, 3.63) is 35.6 Å². The number of hydrogen-bond donors (Lipinski definition) is 3. The van der Waals surface area contributed by atoms with Crippen LogP contribution in [0.3, 0.4) is 0 Å². The highest BCUT2D eigenvalue weighted by atomic mass is 16.3. The highest BCUT2D eigenvalue weighted by molar-refractivity contribution is 5.86. The molecule has 4 heteroatoms. The van der Waals surface area contributed by atoms with Crippen LogP contribution in [-0.4, -0.2) is 32.8 Å². The Morgan fingerprint density at radius 1 is 1.16 bits per heavy atom. The predicted molar refractivity (Wildman–Crippen MR) is 94.7 cm³/mol. The van der Waals surface area contributed by atoms with Crippen LogP contribution in [0.4, 0.5) is 0 Å². The first-order valence-corrected chi connectivity index (χ1v) is 9.38. The monoisotopic (exact) mass is 344 g/mol. The van der Waals surface area contributed by atoms with Gasteiger partial charge in [-0.15, -0.1) is 0 Å². The maximum absolute atomic E-state index is 12.2. The number of fused-ring (bicyclic) bond motifs is 5. The summed E-state index contributed by atoms with van der Waals surface area (Å²) in [5, 5.41) is 31.7. The van der Waals surface area contributed by atoms with Crippen molar-refractivity contribution in [1.29, 1.82) is 0 Å². The first kappa shape index (κ1) is 17.0. The molecule has 0 saturated heterocycles. The molecule has 0 amide bonds. The quantitative estimate of drug-likeness (QED) is 0.639. The molecule has 0 heterocycles. The number of rotatable bonds is 1. The van der Waals surface area contributed by atoms with Crippen molar-refractivity contribution in [3.8, 4) is 0 Å². The largest absolute Gasteiger partial charge is 0.508 e. The molecule has 0 radical (unpaired) electrons. The summed E-state index contributed by atoms with van der Waals surface area (Å²) >= 11 is 0. The number of carbonyl (C=O) groups excluding carboxylic acids is 1. The second-order valence-electron chi connectivity index (χ2n) is 8.97. The second-order valence-corrected chi connectivity index (χ2v) is 8.97. The van der Waals surface area contributed by atoms with E-state index in [4.69, 9.17) is 0 Å². The topological polar surface area (TPSA) is 77.8 Å². The van der Waals surface area contributed by atoms with E-state index in [0.717, 1.165) is 24.8 Å². The van der Waals surface area contributed by atoms with Crippen molar-refractivity contribution in [2.75, 3.05) is 0 Å². The number of allylic oxidation sites excluding steroid dienone is 3. The van der Waals surface area contributed by atoms with Crippen molar-refractivity contribution < 1.29 is 20.1 Å². The molecule has 2 fully saturated rings. The first-order chi connectivity index (χ1) is 11.6. The highest BCUT2D eigenvalue weighted by Crippen LogP contribution is 2.66. The summed E-state index contributed by atoms with van der Waals surface area (Å²) < 4.78 is 0. The van der Waals surface area contributed by atoms with Crippen molar-refractivity contribution in [3.63, 3.8) is 0 Å². The van der Waals surface area contributed by atoms with Gasteiger partial charge in [-0.05, 0) is 62.5 Å². The Kier molecular flexibility index (Phi) is 3.46. The standard InChI is InChI=1S/C21H28O4/c1-12(22)21(25)9-6-16-14-11-18(24)17-10-13(23)4-7-19(17,2)15(14)5-8-20(16,21)3/h4,7,10-11,13-16,23-25H,5-6,8-9H2,1-3H3/t13-,14+,15-,16-,19+,20-,21-/m0/s1. The molecule has 0 bridgehead atoms. The molecule has 0 spiro atoms. The second kappa shape index (κ2) is 5.08. The fourth-order valence-electron chi connectivity index (χ4n) is 6.47. The average Bonchev–Trinajstić information content (AvgIpc) is 2.83. The van der Waals surface area contributed by atoms with Crippen LogP contribution in [0.15, 0.2) is 35.6 Å². The zero-order valence-electron chi connectivity index (χ0n) is 15.2. The highest BCUT2D eigenvalue weighted by Gasteiger charge is 2.65. The third kappa shape index (κ3) is 1.98. The minimum Gasteiger partial charge on any atom is -0.508 e. The Hall–Kier alpha value is -1.39. The molecular weight excluding hydrogens is 316 g/mol. The van der Waals surface area contributed by atoms with Crippen LogP contribution in [0.2, 0.25) is 0 Å². The van der Waals surface area contributed by atoms with E-state index in [2.05, 4.69) is 13.8 Å². The van der Waals surface area contributed by atoms with E-state index in [0.29, 0.717) is 12.3 Å². The van der Waals surface area contributed by atoms with E-state index in [-0.39, 0.29) is 28.8 Å². The van der Waals surface area contributed by atoms with Crippen molar-refractivity contribution >= 4 is 5.78 Å². The van der Waals surface area contributed by atoms with Crippen LogP contribution in [0, 0.1) is 28.6 Å². The van der Waals surface area contributed by atoms with Crippen LogP contribution in [0.25, 0.3) is 0 Å². The maximum atomic E-state index is 12.2. The van der Waals surface area contributed by atoms with E-state index in [1.54, 1.807) is 12.2 Å². The Balaban J connectivity index is 1.80. The van der Waals surface area contributed by atoms with Gasteiger partial charge < -0.3 is 15.3 Å². The third-order valence-corrected chi connectivity index (χ3v) is 8.02. The van der Waals surface area contributed by atoms with Gasteiger partial charge in [0, 0.05) is 16.4 Å². The fourth-order valence-corrected chi connectivity index (χ4v) is 6.47. The van der Waals surface area contributed by atoms with Gasteiger partial charge in [-0.3, -0.25) is 4.79 Å². The van der Waals surface area contributed by atoms with E-state index in [9.17, 15) is 20.1 Å². The molecule has 0 aliphatic heterocycles. The summed E-state index contributed by atoms with van der Waals surface area (Å²) in [5.41, 5.74) is -1.18. The van der Waals surface area contributed by atoms with E-state index >= 15 is 0 Å². The summed E-state index contributed by atoms with van der Waals surface area (Å²) in [7, 11) is 0. The summed E-state index contributed by atoms with van der Waals surface area (Å²) in [6, 6.07) is 0. The molecule has 25 heavy (non-hydrogen) atoms. The average molecular weight is 344 g/mol. The van der Waals surface area contributed by atoms with Gasteiger partial charge in [-0.2, -0.15) is 0 Å². The molecule has 4 rings (SSSR count). The van der Waals surface area contributed by atoms with E-state index in [1.165, 1.54) is 6.92 Å². The third-order valence-electron chi connectivity index (χ3n) is 8.02. The molecule has 7 atom stereocenters. The molecule has 4 aliphatic rings. The van der Waals surface area contributed by atoms with Crippen molar-refractivity contribution in [2.24, 2.45) is 28.6 Å². The molecule has 0 aromatic rings. The maximum Gasteiger partial charge on any atom is 0.161 e. The molecule has 2 saturated carbocycles. The van der Waals surface area contributed by atoms with Crippen LogP contribution < -0.4 is 0 Å². The summed E-state index contributed by atoms with van der Waals surface area (Å²) in [4.78, 5) is 12.2. The lowest BCUT2D eigenvalue weighted by Crippen LogP contribution is -2.56. The fraction of sp³-hybridized carbons (Fsp3) is 0.667. The molecule has 4 nitrogen and oxygen atoms in total. The Bertz CT molecular complexity index is 719. The molecular formula is C21H28O4. The van der Waals surface area contributed by atoms with Crippen molar-refractivity contribution in [1.82, 2.24) is 0 Å². The summed E-state index contributed by atoms with van der Waals surface area (Å²) in [5.74, 6) is 0.739. The minimum atomic E-state index is -1.25.